The lowest BCUT2D eigenvalue weighted by Gasteiger charge is -2.01. The van der Waals surface area contributed by atoms with E-state index in [4.69, 9.17) is 4.42 Å². The monoisotopic (exact) mass is 188 g/mol. The van der Waals surface area contributed by atoms with E-state index in [1.165, 1.54) is 0 Å². The van der Waals surface area contributed by atoms with E-state index >= 15 is 0 Å². The third-order valence-corrected chi connectivity index (χ3v) is 2.24. The maximum absolute atomic E-state index is 11.3. The molecule has 0 atom stereocenters. The lowest BCUT2D eigenvalue weighted by Crippen LogP contribution is -2.08. The van der Waals surface area contributed by atoms with Crippen LogP contribution in [0.1, 0.15) is 15.9 Å². The zero-order valence-corrected chi connectivity index (χ0v) is 7.61. The van der Waals surface area contributed by atoms with Gasteiger partial charge in [-0.15, -0.1) is 0 Å². The molecule has 0 N–H and O–H groups in total. The smallest absolute Gasteiger partial charge is 0.347 e. The van der Waals surface area contributed by atoms with Gasteiger partial charge in [-0.1, -0.05) is 18.2 Å². The van der Waals surface area contributed by atoms with Crippen LogP contribution in [0.2, 0.25) is 0 Å². The van der Waals surface area contributed by atoms with Crippen molar-refractivity contribution in [3.05, 3.63) is 45.8 Å². The molecule has 0 bridgehead atoms. The Labute approximate surface area is 80.0 Å². The number of carbonyl (C=O) groups is 1. The van der Waals surface area contributed by atoms with Crippen molar-refractivity contribution in [1.82, 2.24) is 0 Å². The standard InChI is InChI=1S/C11H8O3/c1-7-8-4-2-3-5-10(8)14-11(13)9(7)6-12/h2-6H,1H3. The van der Waals surface area contributed by atoms with Gasteiger partial charge in [0.1, 0.15) is 11.1 Å². The summed E-state index contributed by atoms with van der Waals surface area (Å²) in [4.78, 5) is 21.9. The molecule has 3 heteroatoms. The Morgan fingerprint density at radius 3 is 2.71 bits per heavy atom. The summed E-state index contributed by atoms with van der Waals surface area (Å²) in [5, 5.41) is 0.800. The Morgan fingerprint density at radius 2 is 2.00 bits per heavy atom. The van der Waals surface area contributed by atoms with Gasteiger partial charge < -0.3 is 4.42 Å². The van der Waals surface area contributed by atoms with Crippen LogP contribution in [0, 0.1) is 6.92 Å². The topological polar surface area (TPSA) is 47.3 Å². The molecule has 1 aromatic carbocycles. The van der Waals surface area contributed by atoms with Crippen molar-refractivity contribution in [2.45, 2.75) is 6.92 Å². The zero-order chi connectivity index (χ0) is 10.1. The number of hydrogen-bond donors (Lipinski definition) is 0. The van der Waals surface area contributed by atoms with E-state index < -0.39 is 5.63 Å². The summed E-state index contributed by atoms with van der Waals surface area (Å²) in [6.07, 6.45) is 0.535. The zero-order valence-electron chi connectivity index (χ0n) is 7.61. The minimum Gasteiger partial charge on any atom is -0.422 e. The van der Waals surface area contributed by atoms with Gasteiger partial charge in [0.2, 0.25) is 0 Å². The Kier molecular flexibility index (Phi) is 1.93. The van der Waals surface area contributed by atoms with Gasteiger partial charge in [-0.25, -0.2) is 4.79 Å². The fourth-order valence-electron chi connectivity index (χ4n) is 1.45. The first-order chi connectivity index (χ1) is 6.74. The van der Waals surface area contributed by atoms with Gasteiger partial charge in [0.05, 0.1) is 0 Å². The highest BCUT2D eigenvalue weighted by Crippen LogP contribution is 2.17. The van der Waals surface area contributed by atoms with Crippen LogP contribution in [0.15, 0.2) is 33.5 Å². The van der Waals surface area contributed by atoms with Crippen molar-refractivity contribution in [2.75, 3.05) is 0 Å². The highest BCUT2D eigenvalue weighted by Gasteiger charge is 2.08. The Hall–Kier alpha value is -1.90. The second kappa shape index (κ2) is 3.10. The highest BCUT2D eigenvalue weighted by molar-refractivity contribution is 5.88. The van der Waals surface area contributed by atoms with E-state index in [-0.39, 0.29) is 5.56 Å². The van der Waals surface area contributed by atoms with Gasteiger partial charge >= 0.3 is 5.63 Å². The first-order valence-electron chi connectivity index (χ1n) is 4.21. The Morgan fingerprint density at radius 1 is 1.29 bits per heavy atom. The molecule has 14 heavy (non-hydrogen) atoms. The number of carbonyl (C=O) groups excluding carboxylic acids is 1. The Bertz CT molecular complexity index is 552. The molecule has 0 unspecified atom stereocenters. The van der Waals surface area contributed by atoms with Crippen molar-refractivity contribution in [3.63, 3.8) is 0 Å². The summed E-state index contributed by atoms with van der Waals surface area (Å²) >= 11 is 0. The summed E-state index contributed by atoms with van der Waals surface area (Å²) in [7, 11) is 0. The first-order valence-corrected chi connectivity index (χ1v) is 4.21. The lowest BCUT2D eigenvalue weighted by atomic mass is 10.1. The van der Waals surface area contributed by atoms with Crippen LogP contribution in [0.5, 0.6) is 0 Å². The van der Waals surface area contributed by atoms with Crippen LogP contribution in [0.3, 0.4) is 0 Å². The van der Waals surface area contributed by atoms with Crippen LogP contribution in [0.25, 0.3) is 11.0 Å². The van der Waals surface area contributed by atoms with Crippen molar-refractivity contribution in [2.24, 2.45) is 0 Å². The van der Waals surface area contributed by atoms with Crippen LogP contribution < -0.4 is 5.63 Å². The predicted molar refractivity (Wildman–Crippen MR) is 52.6 cm³/mol. The number of rotatable bonds is 1. The largest absolute Gasteiger partial charge is 0.422 e. The van der Waals surface area contributed by atoms with Crippen LogP contribution in [0.4, 0.5) is 0 Å². The molecule has 0 aliphatic carbocycles. The molecule has 0 aliphatic heterocycles. The van der Waals surface area contributed by atoms with Gasteiger partial charge in [-0.05, 0) is 18.6 Å². The van der Waals surface area contributed by atoms with Gasteiger partial charge in [-0.3, -0.25) is 4.79 Å². The molecule has 0 aliphatic rings. The van der Waals surface area contributed by atoms with E-state index in [9.17, 15) is 9.59 Å². The van der Waals surface area contributed by atoms with E-state index in [0.717, 1.165) is 5.39 Å². The number of fused-ring (bicyclic) bond motifs is 1. The quantitative estimate of drug-likeness (QED) is 0.507. The molecule has 0 saturated heterocycles. The molecule has 0 amide bonds. The van der Waals surface area contributed by atoms with Crippen molar-refractivity contribution in [1.29, 1.82) is 0 Å². The maximum atomic E-state index is 11.3. The molecule has 2 rings (SSSR count). The van der Waals surface area contributed by atoms with E-state index in [1.807, 2.05) is 12.1 Å². The molecule has 1 heterocycles. The number of hydrogen-bond acceptors (Lipinski definition) is 3. The average Bonchev–Trinajstić information content (AvgIpc) is 2.18. The normalized spacial score (nSPS) is 10.4. The number of para-hydroxylation sites is 1. The van der Waals surface area contributed by atoms with Gasteiger partial charge in [0.15, 0.2) is 6.29 Å². The molecule has 0 saturated carbocycles. The van der Waals surface area contributed by atoms with Gasteiger partial charge in [0, 0.05) is 5.39 Å². The fourth-order valence-corrected chi connectivity index (χ4v) is 1.45. The molecule has 0 spiro atoms. The van der Waals surface area contributed by atoms with Gasteiger partial charge in [0.25, 0.3) is 0 Å². The van der Waals surface area contributed by atoms with Crippen LogP contribution in [-0.4, -0.2) is 6.29 Å². The highest BCUT2D eigenvalue weighted by atomic mass is 16.4. The van der Waals surface area contributed by atoms with Crippen LogP contribution >= 0.6 is 0 Å². The predicted octanol–water partition coefficient (Wildman–Crippen LogP) is 1.91. The molecule has 0 radical (unpaired) electrons. The fraction of sp³-hybridized carbons (Fsp3) is 0.0909. The molecular weight excluding hydrogens is 180 g/mol. The lowest BCUT2D eigenvalue weighted by molar-refractivity contribution is 0.111. The first kappa shape index (κ1) is 8.69. The SMILES string of the molecule is Cc1c(C=O)c(=O)oc2ccccc12. The summed E-state index contributed by atoms with van der Waals surface area (Å²) in [6.45, 7) is 1.74. The van der Waals surface area contributed by atoms with Crippen molar-refractivity contribution >= 4 is 17.3 Å². The third kappa shape index (κ3) is 1.14. The molecule has 0 fully saturated rings. The maximum Gasteiger partial charge on any atom is 0.347 e. The minimum absolute atomic E-state index is 0.101. The third-order valence-electron chi connectivity index (χ3n) is 2.24. The summed E-state index contributed by atoms with van der Waals surface area (Å²) in [5.41, 5.74) is 0.715. The van der Waals surface area contributed by atoms with Crippen molar-refractivity contribution in [3.8, 4) is 0 Å². The second-order valence-corrected chi connectivity index (χ2v) is 3.04. The van der Waals surface area contributed by atoms with E-state index in [2.05, 4.69) is 0 Å². The van der Waals surface area contributed by atoms with Crippen LogP contribution in [-0.2, 0) is 0 Å². The minimum atomic E-state index is -0.573. The second-order valence-electron chi connectivity index (χ2n) is 3.04. The van der Waals surface area contributed by atoms with Gasteiger partial charge in [-0.2, -0.15) is 0 Å². The molecule has 2 aromatic rings. The molecule has 1 aromatic heterocycles. The number of benzene rings is 1. The summed E-state index contributed by atoms with van der Waals surface area (Å²) < 4.78 is 4.98. The molecular formula is C11H8O3. The number of aldehydes is 1. The number of aryl methyl sites for hydroxylation is 1. The molecule has 70 valence electrons. The summed E-state index contributed by atoms with van der Waals surface area (Å²) in [6, 6.07) is 7.15. The van der Waals surface area contributed by atoms with Crippen molar-refractivity contribution < 1.29 is 9.21 Å². The Balaban J connectivity index is 3.00. The summed E-state index contributed by atoms with van der Waals surface area (Å²) in [5.74, 6) is 0. The van der Waals surface area contributed by atoms with E-state index in [1.54, 1.807) is 19.1 Å². The average molecular weight is 188 g/mol. The van der Waals surface area contributed by atoms with E-state index in [0.29, 0.717) is 17.4 Å². The molecule has 3 nitrogen and oxygen atoms in total.